The molecule has 1 aliphatic rings. The minimum Gasteiger partial charge on any atom is -0.423 e. The molecule has 5 nitrogen and oxygen atoms in total. The molecule has 1 saturated heterocycles. The zero-order chi connectivity index (χ0) is 22.7. The molecule has 0 atom stereocenters. The fraction of sp³-hybridized carbons (Fsp3) is 0.0417. The highest BCUT2D eigenvalue weighted by Crippen LogP contribution is 2.33. The molecule has 0 N–H and O–H groups in total. The number of thioether (sulfide) groups is 1. The summed E-state index contributed by atoms with van der Waals surface area (Å²) in [6, 6.07) is 18.8. The average molecular weight is 468 g/mol. The van der Waals surface area contributed by atoms with E-state index in [4.69, 9.17) is 16.3 Å². The maximum Gasteiger partial charge on any atom is 0.343 e. The van der Waals surface area contributed by atoms with Gasteiger partial charge in [0.05, 0.1) is 17.0 Å². The molecule has 0 aromatic heterocycles. The molecule has 2 amide bonds. The number of hydrogen-bond acceptors (Lipinski definition) is 5. The van der Waals surface area contributed by atoms with Crippen molar-refractivity contribution in [2.24, 2.45) is 0 Å². The molecular weight excluding hydrogens is 453 g/mol. The number of rotatable bonds is 5. The van der Waals surface area contributed by atoms with E-state index < -0.39 is 22.9 Å². The van der Waals surface area contributed by atoms with Crippen LogP contribution in [0.1, 0.15) is 21.5 Å². The quantitative estimate of drug-likeness (QED) is 0.264. The molecule has 8 heteroatoms. The van der Waals surface area contributed by atoms with Gasteiger partial charge in [-0.3, -0.25) is 14.5 Å². The summed E-state index contributed by atoms with van der Waals surface area (Å²) in [6.07, 6.45) is 1.57. The Kier molecular flexibility index (Phi) is 6.39. The predicted octanol–water partition coefficient (Wildman–Crippen LogP) is 5.93. The highest BCUT2D eigenvalue weighted by atomic mass is 35.5. The number of benzene rings is 3. The van der Waals surface area contributed by atoms with Gasteiger partial charge in [0.1, 0.15) is 11.6 Å². The van der Waals surface area contributed by atoms with Crippen LogP contribution < -0.4 is 4.74 Å². The van der Waals surface area contributed by atoms with Crippen LogP contribution in [0, 0.1) is 5.82 Å². The molecule has 4 rings (SSSR count). The molecule has 0 aliphatic carbocycles. The SMILES string of the molecule is O=C(Oc1ccc(/C=C2\SC(=O)N(Cc3ccccc3F)C2=O)cc1)c1ccc(Cl)cc1. The first-order chi connectivity index (χ1) is 15.4. The third kappa shape index (κ3) is 4.90. The van der Waals surface area contributed by atoms with Gasteiger partial charge >= 0.3 is 5.97 Å². The normalized spacial score (nSPS) is 14.8. The number of carbonyl (C=O) groups is 3. The van der Waals surface area contributed by atoms with Crippen molar-refractivity contribution in [1.29, 1.82) is 0 Å². The summed E-state index contributed by atoms with van der Waals surface area (Å²) in [5.74, 6) is -1.15. The predicted molar refractivity (Wildman–Crippen MR) is 121 cm³/mol. The lowest BCUT2D eigenvalue weighted by atomic mass is 10.2. The number of carbonyl (C=O) groups excluding carboxylic acids is 3. The van der Waals surface area contributed by atoms with Gasteiger partial charge in [-0.05, 0) is 65.9 Å². The Balaban J connectivity index is 1.44. The van der Waals surface area contributed by atoms with Crippen LogP contribution in [0.5, 0.6) is 5.75 Å². The van der Waals surface area contributed by atoms with Crippen LogP contribution in [0.4, 0.5) is 9.18 Å². The van der Waals surface area contributed by atoms with Gasteiger partial charge in [0, 0.05) is 10.6 Å². The summed E-state index contributed by atoms with van der Waals surface area (Å²) in [5.41, 5.74) is 1.28. The van der Waals surface area contributed by atoms with Crippen LogP contribution in [-0.4, -0.2) is 22.0 Å². The van der Waals surface area contributed by atoms with E-state index in [1.165, 1.54) is 12.1 Å². The van der Waals surface area contributed by atoms with Gasteiger partial charge in [-0.1, -0.05) is 41.9 Å². The van der Waals surface area contributed by atoms with Gasteiger partial charge in [-0.15, -0.1) is 0 Å². The lowest BCUT2D eigenvalue weighted by Gasteiger charge is -2.12. The molecule has 1 aliphatic heterocycles. The van der Waals surface area contributed by atoms with Gasteiger partial charge in [0.2, 0.25) is 0 Å². The summed E-state index contributed by atoms with van der Waals surface area (Å²) < 4.78 is 19.2. The number of nitrogens with zero attached hydrogens (tertiary/aromatic N) is 1. The number of ether oxygens (including phenoxy) is 1. The Hall–Kier alpha value is -3.42. The first-order valence-corrected chi connectivity index (χ1v) is 10.7. The second-order valence-corrected chi connectivity index (χ2v) is 8.25. The van der Waals surface area contributed by atoms with Crippen molar-refractivity contribution in [3.8, 4) is 5.75 Å². The Morgan fingerprint density at radius 3 is 2.38 bits per heavy atom. The van der Waals surface area contributed by atoms with Crippen LogP contribution in [0.3, 0.4) is 0 Å². The monoisotopic (exact) mass is 467 g/mol. The molecule has 3 aromatic rings. The number of amides is 2. The van der Waals surface area contributed by atoms with Crippen LogP contribution in [0.25, 0.3) is 6.08 Å². The van der Waals surface area contributed by atoms with Crippen molar-refractivity contribution in [3.05, 3.63) is 105 Å². The minimum atomic E-state index is -0.524. The zero-order valence-electron chi connectivity index (χ0n) is 16.5. The van der Waals surface area contributed by atoms with Crippen LogP contribution >= 0.6 is 23.4 Å². The van der Waals surface area contributed by atoms with E-state index in [9.17, 15) is 18.8 Å². The summed E-state index contributed by atoms with van der Waals surface area (Å²) in [5, 5.41) is 0.0576. The molecule has 0 radical (unpaired) electrons. The van der Waals surface area contributed by atoms with E-state index in [0.717, 1.165) is 16.7 Å². The molecule has 0 unspecified atom stereocenters. The Labute approximate surface area is 192 Å². The average Bonchev–Trinajstić information content (AvgIpc) is 3.04. The standard InChI is InChI=1S/C24H15ClFNO4S/c25-18-9-7-16(8-10-18)23(29)31-19-11-5-15(6-12-19)13-21-22(28)27(24(30)32-21)14-17-3-1-2-4-20(17)26/h1-13H,14H2/b21-13-. The van der Waals surface area contributed by atoms with Crippen molar-refractivity contribution < 1.29 is 23.5 Å². The molecule has 1 fully saturated rings. The summed E-state index contributed by atoms with van der Waals surface area (Å²) in [6.45, 7) is -0.131. The smallest absolute Gasteiger partial charge is 0.343 e. The van der Waals surface area contributed by atoms with E-state index >= 15 is 0 Å². The Bertz CT molecular complexity index is 1230. The fourth-order valence-corrected chi connectivity index (χ4v) is 3.93. The molecule has 3 aromatic carbocycles. The van der Waals surface area contributed by atoms with Crippen molar-refractivity contribution >= 4 is 46.6 Å². The number of halogens is 2. The maximum atomic E-state index is 13.9. The number of hydrogen-bond donors (Lipinski definition) is 0. The van der Waals surface area contributed by atoms with Crippen molar-refractivity contribution in [2.75, 3.05) is 0 Å². The Morgan fingerprint density at radius 1 is 1.00 bits per heavy atom. The second-order valence-electron chi connectivity index (χ2n) is 6.82. The first-order valence-electron chi connectivity index (χ1n) is 9.47. The molecule has 0 spiro atoms. The topological polar surface area (TPSA) is 63.7 Å². The van der Waals surface area contributed by atoms with Crippen LogP contribution in [0.15, 0.2) is 77.7 Å². The van der Waals surface area contributed by atoms with Gasteiger partial charge in [0.25, 0.3) is 11.1 Å². The molecule has 0 saturated carbocycles. The number of imide groups is 1. The van der Waals surface area contributed by atoms with E-state index in [-0.39, 0.29) is 17.0 Å². The second kappa shape index (κ2) is 9.38. The lowest BCUT2D eigenvalue weighted by Crippen LogP contribution is -2.27. The summed E-state index contributed by atoms with van der Waals surface area (Å²) in [7, 11) is 0. The third-order valence-corrected chi connectivity index (χ3v) is 5.79. The highest BCUT2D eigenvalue weighted by Gasteiger charge is 2.35. The van der Waals surface area contributed by atoms with Gasteiger partial charge < -0.3 is 4.74 Å². The van der Waals surface area contributed by atoms with E-state index in [1.807, 2.05) is 0 Å². The molecule has 32 heavy (non-hydrogen) atoms. The van der Waals surface area contributed by atoms with Crippen molar-refractivity contribution in [2.45, 2.75) is 6.54 Å². The molecule has 0 bridgehead atoms. The largest absolute Gasteiger partial charge is 0.423 e. The van der Waals surface area contributed by atoms with E-state index in [0.29, 0.717) is 21.9 Å². The summed E-state index contributed by atoms with van der Waals surface area (Å²) in [4.78, 5) is 38.3. The number of esters is 1. The van der Waals surface area contributed by atoms with E-state index in [2.05, 4.69) is 0 Å². The molecular formula is C24H15ClFNO4S. The van der Waals surface area contributed by atoms with Gasteiger partial charge in [-0.2, -0.15) is 0 Å². The summed E-state index contributed by atoms with van der Waals surface area (Å²) >= 11 is 6.61. The lowest BCUT2D eigenvalue weighted by molar-refractivity contribution is -0.123. The van der Waals surface area contributed by atoms with Gasteiger partial charge in [0.15, 0.2) is 0 Å². The first kappa shape index (κ1) is 21.8. The van der Waals surface area contributed by atoms with Crippen molar-refractivity contribution in [1.82, 2.24) is 4.90 Å². The molecule has 1 heterocycles. The van der Waals surface area contributed by atoms with Gasteiger partial charge in [-0.25, -0.2) is 9.18 Å². The Morgan fingerprint density at radius 2 is 1.69 bits per heavy atom. The minimum absolute atomic E-state index is 0.131. The fourth-order valence-electron chi connectivity index (χ4n) is 2.97. The van der Waals surface area contributed by atoms with E-state index in [1.54, 1.807) is 66.7 Å². The van der Waals surface area contributed by atoms with Crippen LogP contribution in [-0.2, 0) is 11.3 Å². The maximum absolute atomic E-state index is 13.9. The van der Waals surface area contributed by atoms with Crippen molar-refractivity contribution in [3.63, 3.8) is 0 Å². The highest BCUT2D eigenvalue weighted by molar-refractivity contribution is 8.18. The van der Waals surface area contributed by atoms with Crippen LogP contribution in [0.2, 0.25) is 5.02 Å². The zero-order valence-corrected chi connectivity index (χ0v) is 18.0. The molecule has 160 valence electrons. The third-order valence-electron chi connectivity index (χ3n) is 4.63.